The molecule has 1 aliphatic carbocycles. The summed E-state index contributed by atoms with van der Waals surface area (Å²) in [4.78, 5) is 48.1. The van der Waals surface area contributed by atoms with Crippen LogP contribution in [0.5, 0.6) is 0 Å². The van der Waals surface area contributed by atoms with Crippen molar-refractivity contribution in [2.75, 3.05) is 27.7 Å². The smallest absolute Gasteiger partial charge is 0.407 e. The Labute approximate surface area is 213 Å². The Balaban J connectivity index is 1.70. The van der Waals surface area contributed by atoms with Gasteiger partial charge in [0.2, 0.25) is 5.91 Å². The molecule has 196 valence electrons. The van der Waals surface area contributed by atoms with Gasteiger partial charge in [-0.3, -0.25) is 9.59 Å². The van der Waals surface area contributed by atoms with Crippen LogP contribution in [0.25, 0.3) is 0 Å². The Hall–Kier alpha value is -2.20. The number of hydrogen-bond acceptors (Lipinski definition) is 7. The van der Waals surface area contributed by atoms with E-state index in [1.54, 1.807) is 19.0 Å². The lowest BCUT2D eigenvalue weighted by atomic mass is 9.81. The molecule has 3 amide bonds. The van der Waals surface area contributed by atoms with E-state index in [2.05, 4.69) is 34.5 Å². The molecule has 2 aliphatic rings. The minimum Gasteiger partial charge on any atom is -0.444 e. The Kier molecular flexibility index (Phi) is 9.15. The predicted molar refractivity (Wildman–Crippen MR) is 136 cm³/mol. The second-order valence-electron chi connectivity index (χ2n) is 10.7. The van der Waals surface area contributed by atoms with Crippen LogP contribution in [-0.2, 0) is 22.5 Å². The van der Waals surface area contributed by atoms with Crippen molar-refractivity contribution in [3.05, 3.63) is 15.6 Å². The zero-order chi connectivity index (χ0) is 25.8. The van der Waals surface area contributed by atoms with E-state index < -0.39 is 11.7 Å². The number of amides is 3. The maximum atomic E-state index is 13.2. The SMILES string of the molecule is CCCCC(C)(C)OC(=O)NC1CC[C@H](C(=O)N(C)C)CC1NC(=O)c1nc2c(s1)CN(C)CC2. The van der Waals surface area contributed by atoms with Gasteiger partial charge < -0.3 is 25.2 Å². The summed E-state index contributed by atoms with van der Waals surface area (Å²) in [6.45, 7) is 7.66. The first-order valence-corrected chi connectivity index (χ1v) is 13.5. The van der Waals surface area contributed by atoms with Crippen molar-refractivity contribution < 1.29 is 19.1 Å². The first kappa shape index (κ1) is 27.4. The van der Waals surface area contributed by atoms with Crippen LogP contribution >= 0.6 is 11.3 Å². The number of likely N-dealkylation sites (N-methyl/N-ethyl adjacent to an activating group) is 1. The Morgan fingerprint density at radius 1 is 1.20 bits per heavy atom. The van der Waals surface area contributed by atoms with E-state index in [1.807, 2.05) is 13.8 Å². The van der Waals surface area contributed by atoms with Crippen LogP contribution in [0.3, 0.4) is 0 Å². The molecule has 2 heterocycles. The van der Waals surface area contributed by atoms with Gasteiger partial charge in [-0.1, -0.05) is 13.3 Å². The fourth-order valence-corrected chi connectivity index (χ4v) is 5.92. The van der Waals surface area contributed by atoms with E-state index in [-0.39, 0.29) is 29.8 Å². The molecule has 1 aliphatic heterocycles. The van der Waals surface area contributed by atoms with E-state index in [9.17, 15) is 14.4 Å². The van der Waals surface area contributed by atoms with Crippen LogP contribution < -0.4 is 10.6 Å². The molecule has 0 bridgehead atoms. The quantitative estimate of drug-likeness (QED) is 0.560. The molecular weight excluding hydrogens is 466 g/mol. The van der Waals surface area contributed by atoms with E-state index in [4.69, 9.17) is 4.74 Å². The molecule has 0 spiro atoms. The summed E-state index contributed by atoms with van der Waals surface area (Å²) in [6.07, 6.45) is 4.83. The summed E-state index contributed by atoms with van der Waals surface area (Å²) in [6, 6.07) is -0.708. The second kappa shape index (κ2) is 11.7. The first-order chi connectivity index (χ1) is 16.5. The van der Waals surface area contributed by atoms with Gasteiger partial charge in [-0.2, -0.15) is 0 Å². The van der Waals surface area contributed by atoms with Crippen molar-refractivity contribution in [1.82, 2.24) is 25.4 Å². The monoisotopic (exact) mass is 507 g/mol. The lowest BCUT2D eigenvalue weighted by Crippen LogP contribution is -2.56. The van der Waals surface area contributed by atoms with Crippen LogP contribution in [0.1, 0.15) is 79.7 Å². The molecule has 1 aromatic rings. The summed E-state index contributed by atoms with van der Waals surface area (Å²) < 4.78 is 5.71. The molecule has 0 aromatic carbocycles. The third-order valence-corrected chi connectivity index (χ3v) is 7.96. The third-order valence-electron chi connectivity index (χ3n) is 6.88. The van der Waals surface area contributed by atoms with Gasteiger partial charge in [0, 0.05) is 44.4 Å². The Morgan fingerprint density at radius 2 is 1.94 bits per heavy atom. The normalized spacial score (nSPS) is 22.7. The zero-order valence-electron chi connectivity index (χ0n) is 22.0. The summed E-state index contributed by atoms with van der Waals surface area (Å²) in [5.41, 5.74) is 0.430. The minimum atomic E-state index is -0.565. The summed E-state index contributed by atoms with van der Waals surface area (Å²) >= 11 is 1.43. The molecule has 0 radical (unpaired) electrons. The number of rotatable bonds is 8. The highest BCUT2D eigenvalue weighted by molar-refractivity contribution is 7.13. The number of carbonyl (C=O) groups excluding carboxylic acids is 3. The summed E-state index contributed by atoms with van der Waals surface area (Å²) in [7, 11) is 5.55. The number of ether oxygens (including phenoxy) is 1. The molecule has 2 unspecified atom stereocenters. The molecule has 1 saturated carbocycles. The average Bonchev–Trinajstić information content (AvgIpc) is 3.21. The maximum absolute atomic E-state index is 13.2. The fourth-order valence-electron chi connectivity index (χ4n) is 4.83. The fraction of sp³-hybridized carbons (Fsp3) is 0.760. The maximum Gasteiger partial charge on any atom is 0.407 e. The van der Waals surface area contributed by atoms with Gasteiger partial charge in [-0.25, -0.2) is 9.78 Å². The molecule has 3 atom stereocenters. The lowest BCUT2D eigenvalue weighted by Gasteiger charge is -2.37. The van der Waals surface area contributed by atoms with Gasteiger partial charge >= 0.3 is 6.09 Å². The number of alkyl carbamates (subject to hydrolysis) is 1. The zero-order valence-corrected chi connectivity index (χ0v) is 22.8. The van der Waals surface area contributed by atoms with Gasteiger partial charge in [-0.15, -0.1) is 11.3 Å². The van der Waals surface area contributed by atoms with E-state index in [0.717, 1.165) is 49.3 Å². The van der Waals surface area contributed by atoms with Crippen molar-refractivity contribution in [3.63, 3.8) is 0 Å². The number of carbonyl (C=O) groups is 3. The number of unbranched alkanes of at least 4 members (excludes halogenated alkanes) is 1. The molecule has 3 rings (SSSR count). The number of fused-ring (bicyclic) bond motifs is 1. The van der Waals surface area contributed by atoms with Gasteiger partial charge in [0.05, 0.1) is 17.8 Å². The van der Waals surface area contributed by atoms with E-state index >= 15 is 0 Å². The largest absolute Gasteiger partial charge is 0.444 e. The number of nitrogens with zero attached hydrogens (tertiary/aromatic N) is 3. The van der Waals surface area contributed by atoms with Crippen LogP contribution in [0.4, 0.5) is 4.79 Å². The number of nitrogens with one attached hydrogen (secondary N) is 2. The predicted octanol–water partition coefficient (Wildman–Crippen LogP) is 3.18. The highest BCUT2D eigenvalue weighted by Gasteiger charge is 2.37. The molecule has 0 saturated heterocycles. The van der Waals surface area contributed by atoms with Crippen molar-refractivity contribution in [2.24, 2.45) is 5.92 Å². The van der Waals surface area contributed by atoms with Gasteiger partial charge in [-0.05, 0) is 53.0 Å². The second-order valence-corrected chi connectivity index (χ2v) is 11.8. The summed E-state index contributed by atoms with van der Waals surface area (Å²) in [5.74, 6) is -0.416. The van der Waals surface area contributed by atoms with Gasteiger partial charge in [0.1, 0.15) is 5.60 Å². The van der Waals surface area contributed by atoms with E-state index in [0.29, 0.717) is 24.3 Å². The van der Waals surface area contributed by atoms with Crippen molar-refractivity contribution >= 4 is 29.2 Å². The van der Waals surface area contributed by atoms with Crippen LogP contribution in [-0.4, -0.2) is 78.1 Å². The third kappa shape index (κ3) is 7.39. The Morgan fingerprint density at radius 3 is 2.63 bits per heavy atom. The number of hydrogen-bond donors (Lipinski definition) is 2. The molecule has 10 heteroatoms. The van der Waals surface area contributed by atoms with Crippen LogP contribution in [0.2, 0.25) is 0 Å². The lowest BCUT2D eigenvalue weighted by molar-refractivity contribution is -0.134. The van der Waals surface area contributed by atoms with Crippen molar-refractivity contribution in [3.8, 4) is 0 Å². The topological polar surface area (TPSA) is 104 Å². The first-order valence-electron chi connectivity index (χ1n) is 12.7. The molecular formula is C25H41N5O4S. The van der Waals surface area contributed by atoms with Gasteiger partial charge in [0.15, 0.2) is 5.01 Å². The number of thiazole rings is 1. The van der Waals surface area contributed by atoms with Crippen LogP contribution in [0, 0.1) is 5.92 Å². The highest BCUT2D eigenvalue weighted by Crippen LogP contribution is 2.29. The molecule has 1 aromatic heterocycles. The van der Waals surface area contributed by atoms with Crippen molar-refractivity contribution in [2.45, 2.75) is 89.9 Å². The van der Waals surface area contributed by atoms with E-state index in [1.165, 1.54) is 11.3 Å². The van der Waals surface area contributed by atoms with Crippen molar-refractivity contribution in [1.29, 1.82) is 0 Å². The molecule has 35 heavy (non-hydrogen) atoms. The summed E-state index contributed by atoms with van der Waals surface area (Å²) in [5, 5.41) is 6.50. The molecule has 2 N–H and O–H groups in total. The van der Waals surface area contributed by atoms with Crippen LogP contribution in [0.15, 0.2) is 0 Å². The van der Waals surface area contributed by atoms with Gasteiger partial charge in [0.25, 0.3) is 5.91 Å². The minimum absolute atomic E-state index is 0.0405. The average molecular weight is 508 g/mol. The molecule has 9 nitrogen and oxygen atoms in total. The Bertz CT molecular complexity index is 916. The number of aromatic nitrogens is 1. The molecule has 1 fully saturated rings. The highest BCUT2D eigenvalue weighted by atomic mass is 32.1. The standard InChI is InChI=1S/C25H41N5O4S/c1-7-8-12-25(2,3)34-24(33)28-17-10-9-16(23(32)29(4)5)14-19(17)26-21(31)22-27-18-11-13-30(6)15-20(18)35-22/h16-17,19H,7-15H2,1-6H3,(H,26,31)(H,28,33)/t16-,17?,19?/m0/s1.